The third kappa shape index (κ3) is 4.80. The molecule has 2 N–H and O–H groups in total. The fourth-order valence-electron chi connectivity index (χ4n) is 5.49. The Morgan fingerprint density at radius 2 is 2.00 bits per heavy atom. The Kier molecular flexibility index (Phi) is 6.81. The van der Waals surface area contributed by atoms with Crippen molar-refractivity contribution in [1.82, 2.24) is 20.3 Å². The number of rotatable bonds is 6. The van der Waals surface area contributed by atoms with E-state index in [1.165, 1.54) is 24.0 Å². The molecule has 2 aromatic heterocycles. The topological polar surface area (TPSA) is 89.1 Å². The molecule has 0 radical (unpaired) electrons. The van der Waals surface area contributed by atoms with Gasteiger partial charge in [0.25, 0.3) is 0 Å². The number of hydrogen-bond acceptors (Lipinski definition) is 6. The van der Waals surface area contributed by atoms with Gasteiger partial charge < -0.3 is 19.8 Å². The van der Waals surface area contributed by atoms with Crippen LogP contribution in [0.4, 0.5) is 4.39 Å². The Morgan fingerprint density at radius 1 is 1.17 bits per heavy atom. The molecule has 3 heterocycles. The van der Waals surface area contributed by atoms with Crippen molar-refractivity contribution in [2.45, 2.75) is 45.1 Å². The molecule has 8 heteroatoms. The van der Waals surface area contributed by atoms with Gasteiger partial charge in [-0.05, 0) is 74.8 Å². The highest BCUT2D eigenvalue weighted by molar-refractivity contribution is 5.94. The monoisotopic (exact) mass is 478 g/mol. The lowest BCUT2D eigenvalue weighted by atomic mass is 9.76. The van der Waals surface area contributed by atoms with Crippen LogP contribution >= 0.6 is 0 Å². The molecule has 1 aliphatic heterocycles. The van der Waals surface area contributed by atoms with Gasteiger partial charge >= 0.3 is 5.97 Å². The average molecular weight is 479 g/mol. The molecule has 1 atom stereocenters. The Hall–Kier alpha value is -3.26. The number of hydrogen-bond donors (Lipinski definition) is 2. The summed E-state index contributed by atoms with van der Waals surface area (Å²) in [5.41, 5.74) is 4.18. The highest BCUT2D eigenvalue weighted by Gasteiger charge is 2.32. The standard InChI is InChI=1S/C27H31FN4O3/c1-3-35-27(33)17-6-4-16(5-7-17)22-12-18(10-11-29-22)23-14-21-25(30-15-31-26(21)32-23)20-13-19(28)8-9-24(20)34-2/h8-10,13-17,22,29H,3-7,11-12H2,1-2H3,(H,30,31,32). The highest BCUT2D eigenvalue weighted by atomic mass is 19.1. The number of ether oxygens (including phenoxy) is 2. The quantitative estimate of drug-likeness (QED) is 0.491. The molecule has 2 aliphatic rings. The number of carbonyl (C=O) groups is 1. The highest BCUT2D eigenvalue weighted by Crippen LogP contribution is 2.38. The zero-order valence-corrected chi connectivity index (χ0v) is 20.1. The number of fused-ring (bicyclic) bond motifs is 1. The van der Waals surface area contributed by atoms with E-state index >= 15 is 0 Å². The second kappa shape index (κ2) is 10.2. The van der Waals surface area contributed by atoms with Crippen LogP contribution in [-0.4, -0.2) is 47.2 Å². The molecule has 5 rings (SSSR count). The van der Waals surface area contributed by atoms with E-state index in [0.29, 0.717) is 41.2 Å². The van der Waals surface area contributed by atoms with Gasteiger partial charge in [-0.3, -0.25) is 4.79 Å². The van der Waals surface area contributed by atoms with Crippen LogP contribution in [0.2, 0.25) is 0 Å². The molecule has 7 nitrogen and oxygen atoms in total. The molecule has 1 saturated carbocycles. The Labute approximate surface area is 204 Å². The zero-order valence-electron chi connectivity index (χ0n) is 20.1. The van der Waals surface area contributed by atoms with Crippen molar-refractivity contribution >= 4 is 22.6 Å². The number of halogens is 1. The van der Waals surface area contributed by atoms with Crippen LogP contribution in [-0.2, 0) is 9.53 Å². The minimum atomic E-state index is -0.343. The summed E-state index contributed by atoms with van der Waals surface area (Å²) in [4.78, 5) is 24.4. The number of carbonyl (C=O) groups excluding carboxylic acids is 1. The molecular formula is C27H31FN4O3. The number of aromatic amines is 1. The molecule has 0 bridgehead atoms. The zero-order chi connectivity index (χ0) is 24.4. The van der Waals surface area contributed by atoms with Crippen molar-refractivity contribution in [1.29, 1.82) is 0 Å². The summed E-state index contributed by atoms with van der Waals surface area (Å²) in [6, 6.07) is 6.85. The van der Waals surface area contributed by atoms with Crippen LogP contribution < -0.4 is 10.1 Å². The van der Waals surface area contributed by atoms with Gasteiger partial charge in [0.1, 0.15) is 23.5 Å². The van der Waals surface area contributed by atoms with Crippen LogP contribution in [0.5, 0.6) is 5.75 Å². The molecule has 1 unspecified atom stereocenters. The Morgan fingerprint density at radius 3 is 2.77 bits per heavy atom. The smallest absolute Gasteiger partial charge is 0.308 e. The van der Waals surface area contributed by atoms with Crippen LogP contribution in [0.25, 0.3) is 27.9 Å². The van der Waals surface area contributed by atoms with Crippen LogP contribution in [0.3, 0.4) is 0 Å². The van der Waals surface area contributed by atoms with E-state index in [2.05, 4.69) is 32.4 Å². The third-order valence-electron chi connectivity index (χ3n) is 7.32. The number of esters is 1. The number of methoxy groups -OCH3 is 1. The lowest BCUT2D eigenvalue weighted by Crippen LogP contribution is -2.41. The van der Waals surface area contributed by atoms with Crippen LogP contribution in [0.15, 0.2) is 36.7 Å². The van der Waals surface area contributed by atoms with Gasteiger partial charge in [-0.15, -0.1) is 0 Å². The van der Waals surface area contributed by atoms with Crippen LogP contribution in [0.1, 0.15) is 44.7 Å². The summed E-state index contributed by atoms with van der Waals surface area (Å²) in [7, 11) is 1.57. The fourth-order valence-corrected chi connectivity index (χ4v) is 5.49. The summed E-state index contributed by atoms with van der Waals surface area (Å²) < 4.78 is 24.7. The Bertz CT molecular complexity index is 1250. The predicted molar refractivity (Wildman–Crippen MR) is 132 cm³/mol. The molecule has 35 heavy (non-hydrogen) atoms. The molecule has 0 spiro atoms. The largest absolute Gasteiger partial charge is 0.496 e. The molecule has 3 aromatic rings. The number of benzene rings is 1. The fraction of sp³-hybridized carbons (Fsp3) is 0.444. The maximum Gasteiger partial charge on any atom is 0.308 e. The van der Waals surface area contributed by atoms with E-state index in [1.807, 2.05) is 6.92 Å². The molecule has 0 saturated heterocycles. The lowest BCUT2D eigenvalue weighted by molar-refractivity contribution is -0.149. The van der Waals surface area contributed by atoms with E-state index in [4.69, 9.17) is 9.47 Å². The first-order valence-corrected chi connectivity index (χ1v) is 12.3. The van der Waals surface area contributed by atoms with Crippen molar-refractivity contribution in [2.24, 2.45) is 11.8 Å². The summed E-state index contributed by atoms with van der Waals surface area (Å²) >= 11 is 0. The van der Waals surface area contributed by atoms with Crippen molar-refractivity contribution < 1.29 is 18.7 Å². The summed E-state index contributed by atoms with van der Waals surface area (Å²) in [6.07, 6.45) is 8.42. The minimum Gasteiger partial charge on any atom is -0.496 e. The van der Waals surface area contributed by atoms with Gasteiger partial charge in [-0.2, -0.15) is 0 Å². The van der Waals surface area contributed by atoms with Gasteiger partial charge in [-0.25, -0.2) is 14.4 Å². The second-order valence-corrected chi connectivity index (χ2v) is 9.32. The van der Waals surface area contributed by atoms with Gasteiger partial charge in [-0.1, -0.05) is 6.08 Å². The van der Waals surface area contributed by atoms with E-state index in [0.717, 1.165) is 49.7 Å². The molecular weight excluding hydrogens is 447 g/mol. The van der Waals surface area contributed by atoms with Gasteiger partial charge in [0.2, 0.25) is 0 Å². The van der Waals surface area contributed by atoms with Crippen molar-refractivity contribution in [3.05, 3.63) is 48.2 Å². The average Bonchev–Trinajstić information content (AvgIpc) is 3.34. The number of aromatic nitrogens is 3. The summed E-state index contributed by atoms with van der Waals surface area (Å²) in [5, 5.41) is 4.49. The number of H-pyrrole nitrogens is 1. The maximum atomic E-state index is 14.0. The molecule has 1 aromatic carbocycles. The van der Waals surface area contributed by atoms with Crippen LogP contribution in [0, 0.1) is 17.7 Å². The second-order valence-electron chi connectivity index (χ2n) is 9.32. The summed E-state index contributed by atoms with van der Waals surface area (Å²) in [6.45, 7) is 3.10. The number of nitrogens with zero attached hydrogens (tertiary/aromatic N) is 2. The first-order chi connectivity index (χ1) is 17.1. The first kappa shape index (κ1) is 23.5. The predicted octanol–water partition coefficient (Wildman–Crippen LogP) is 4.89. The third-order valence-corrected chi connectivity index (χ3v) is 7.32. The Balaban J connectivity index is 1.35. The molecule has 1 aliphatic carbocycles. The van der Waals surface area contributed by atoms with Gasteiger partial charge in [0, 0.05) is 29.2 Å². The van der Waals surface area contributed by atoms with E-state index in [9.17, 15) is 9.18 Å². The molecule has 184 valence electrons. The summed E-state index contributed by atoms with van der Waals surface area (Å²) in [5.74, 6) is 0.739. The van der Waals surface area contributed by atoms with Gasteiger partial charge in [0.05, 0.1) is 25.3 Å². The van der Waals surface area contributed by atoms with E-state index in [1.54, 1.807) is 13.2 Å². The normalized spacial score (nSPS) is 22.6. The molecule has 0 amide bonds. The van der Waals surface area contributed by atoms with E-state index in [-0.39, 0.29) is 17.7 Å². The van der Waals surface area contributed by atoms with Crippen molar-refractivity contribution in [2.75, 3.05) is 20.3 Å². The first-order valence-electron chi connectivity index (χ1n) is 12.3. The maximum absolute atomic E-state index is 14.0. The minimum absolute atomic E-state index is 0.0373. The SMILES string of the molecule is CCOC(=O)C1CCC(C2CC(c3cc4c(-c5cc(F)ccc5OC)ncnc4[nH]3)=CCN2)CC1. The van der Waals surface area contributed by atoms with Crippen molar-refractivity contribution in [3.8, 4) is 17.0 Å². The number of nitrogens with one attached hydrogen (secondary N) is 2. The van der Waals surface area contributed by atoms with Gasteiger partial charge in [0.15, 0.2) is 0 Å². The molecule has 1 fully saturated rings. The lowest BCUT2D eigenvalue weighted by Gasteiger charge is -2.35. The van der Waals surface area contributed by atoms with Crippen molar-refractivity contribution in [3.63, 3.8) is 0 Å². The van der Waals surface area contributed by atoms with E-state index < -0.39 is 0 Å².